The summed E-state index contributed by atoms with van der Waals surface area (Å²) in [6.07, 6.45) is 78.8. The van der Waals surface area contributed by atoms with Crippen molar-refractivity contribution in [3.8, 4) is 0 Å². The van der Waals surface area contributed by atoms with E-state index in [9.17, 15) is 19.8 Å². The Morgan fingerprint density at radius 3 is 1.12 bits per heavy atom. The first-order chi connectivity index (χ1) is 35.5. The van der Waals surface area contributed by atoms with Crippen LogP contribution in [0.4, 0.5) is 0 Å². The molecular weight excluding hydrogens is 887 g/mol. The lowest BCUT2D eigenvalue weighted by molar-refractivity contribution is -0.143. The van der Waals surface area contributed by atoms with Gasteiger partial charge in [-0.2, -0.15) is 0 Å². The Balaban J connectivity index is 3.36. The summed E-state index contributed by atoms with van der Waals surface area (Å²) < 4.78 is 5.48. The van der Waals surface area contributed by atoms with Crippen molar-refractivity contribution in [2.24, 2.45) is 0 Å². The number of amides is 1. The number of esters is 1. The molecular formula is C66H123NO5. The molecule has 6 heteroatoms. The molecule has 0 aromatic carbocycles. The standard InChI is InChI=1S/C66H123NO5/c1-3-5-7-9-11-13-15-17-31-36-40-44-48-52-56-60-66(71)72-61-57-53-49-45-41-37-33-30-28-26-24-22-20-18-19-21-23-25-27-29-32-35-39-43-47-51-55-59-65(70)67-63(62-68)64(69)58-54-50-46-42-38-34-16-14-12-10-8-6-4-2/h8,10-11,13,17,31,54,58,63-64,68-69H,3-7,9,12,14-16,18-30,32-53,55-57,59-62H2,1-2H3,(H,67,70)/b10-8-,13-11-,31-17-,58-54+/t63-,64+/m0/s1. The Morgan fingerprint density at radius 1 is 0.389 bits per heavy atom. The van der Waals surface area contributed by atoms with E-state index in [-0.39, 0.29) is 18.5 Å². The highest BCUT2D eigenvalue weighted by atomic mass is 16.5. The van der Waals surface area contributed by atoms with E-state index in [1.807, 2.05) is 6.08 Å². The van der Waals surface area contributed by atoms with Crippen LogP contribution in [0.15, 0.2) is 48.6 Å². The van der Waals surface area contributed by atoms with E-state index in [1.54, 1.807) is 6.08 Å². The molecule has 422 valence electrons. The maximum atomic E-state index is 12.4. The fourth-order valence-corrected chi connectivity index (χ4v) is 9.67. The van der Waals surface area contributed by atoms with Crippen molar-refractivity contribution in [3.05, 3.63) is 48.6 Å². The zero-order valence-corrected chi connectivity index (χ0v) is 48.2. The number of ether oxygens (including phenoxy) is 1. The highest BCUT2D eigenvalue weighted by molar-refractivity contribution is 5.76. The van der Waals surface area contributed by atoms with Crippen molar-refractivity contribution in [2.45, 2.75) is 347 Å². The normalized spacial score (nSPS) is 12.9. The number of allylic oxidation sites excluding steroid dienone is 7. The monoisotopic (exact) mass is 1010 g/mol. The molecule has 0 rings (SSSR count). The van der Waals surface area contributed by atoms with Gasteiger partial charge in [0.05, 0.1) is 25.4 Å². The van der Waals surface area contributed by atoms with Crippen LogP contribution in [0.25, 0.3) is 0 Å². The second kappa shape index (κ2) is 61.4. The Kier molecular flexibility index (Phi) is 59.5. The average molecular weight is 1010 g/mol. The average Bonchev–Trinajstić information content (AvgIpc) is 3.38. The molecule has 2 atom stereocenters. The van der Waals surface area contributed by atoms with E-state index in [1.165, 1.54) is 257 Å². The Labute approximate surface area is 448 Å². The van der Waals surface area contributed by atoms with Gasteiger partial charge in [-0.3, -0.25) is 9.59 Å². The summed E-state index contributed by atoms with van der Waals surface area (Å²) in [5.41, 5.74) is 0. The largest absolute Gasteiger partial charge is 0.466 e. The van der Waals surface area contributed by atoms with Crippen LogP contribution < -0.4 is 5.32 Å². The van der Waals surface area contributed by atoms with Gasteiger partial charge in [-0.1, -0.05) is 287 Å². The van der Waals surface area contributed by atoms with Crippen LogP contribution in [0.2, 0.25) is 0 Å². The predicted octanol–water partition coefficient (Wildman–Crippen LogP) is 20.1. The van der Waals surface area contributed by atoms with Gasteiger partial charge in [0.2, 0.25) is 5.91 Å². The summed E-state index contributed by atoms with van der Waals surface area (Å²) in [4.78, 5) is 24.5. The van der Waals surface area contributed by atoms with Crippen molar-refractivity contribution < 1.29 is 24.5 Å². The summed E-state index contributed by atoms with van der Waals surface area (Å²) in [5, 5.41) is 23.1. The zero-order chi connectivity index (χ0) is 52.2. The van der Waals surface area contributed by atoms with Crippen LogP contribution in [0.3, 0.4) is 0 Å². The number of rotatable bonds is 59. The van der Waals surface area contributed by atoms with Gasteiger partial charge in [0, 0.05) is 12.8 Å². The molecule has 0 spiro atoms. The summed E-state index contributed by atoms with van der Waals surface area (Å²) in [6, 6.07) is -0.630. The third-order valence-electron chi connectivity index (χ3n) is 14.5. The molecule has 0 saturated carbocycles. The number of unbranched alkanes of at least 4 members (excludes halogenated alkanes) is 42. The summed E-state index contributed by atoms with van der Waals surface area (Å²) in [6.45, 7) is 4.83. The number of nitrogens with one attached hydrogen (secondary N) is 1. The molecule has 0 aliphatic heterocycles. The van der Waals surface area contributed by atoms with Gasteiger partial charge in [-0.05, 0) is 83.5 Å². The molecule has 0 aliphatic rings. The highest BCUT2D eigenvalue weighted by Gasteiger charge is 2.18. The van der Waals surface area contributed by atoms with E-state index >= 15 is 0 Å². The molecule has 0 aliphatic carbocycles. The first kappa shape index (κ1) is 69.8. The third-order valence-corrected chi connectivity index (χ3v) is 14.5. The third kappa shape index (κ3) is 57.1. The predicted molar refractivity (Wildman–Crippen MR) is 315 cm³/mol. The van der Waals surface area contributed by atoms with E-state index in [4.69, 9.17) is 4.74 Å². The van der Waals surface area contributed by atoms with Crippen molar-refractivity contribution in [1.29, 1.82) is 0 Å². The number of hydrogen-bond donors (Lipinski definition) is 3. The lowest BCUT2D eigenvalue weighted by Gasteiger charge is -2.20. The molecule has 0 saturated heterocycles. The Hall–Kier alpha value is -2.18. The van der Waals surface area contributed by atoms with Gasteiger partial charge >= 0.3 is 5.97 Å². The van der Waals surface area contributed by atoms with Crippen LogP contribution in [0, 0.1) is 0 Å². The fraction of sp³-hybridized carbons (Fsp3) is 0.848. The van der Waals surface area contributed by atoms with Crippen molar-refractivity contribution in [3.63, 3.8) is 0 Å². The number of hydrogen-bond acceptors (Lipinski definition) is 5. The SMILES string of the molecule is CCC/C=C\CCCCCCCC/C=C/[C@@H](O)[C@H](CO)NC(=O)CCCCCCCCCCCCCCCCCCCCCCCCCCCCCOC(=O)CCCCCCC/C=C\C/C=C\CCCCC. The number of aliphatic hydroxyl groups excluding tert-OH is 2. The van der Waals surface area contributed by atoms with Crippen LogP contribution in [-0.2, 0) is 14.3 Å². The smallest absolute Gasteiger partial charge is 0.305 e. The van der Waals surface area contributed by atoms with Gasteiger partial charge in [0.1, 0.15) is 0 Å². The van der Waals surface area contributed by atoms with E-state index in [2.05, 4.69) is 55.6 Å². The maximum absolute atomic E-state index is 12.4. The fourth-order valence-electron chi connectivity index (χ4n) is 9.67. The van der Waals surface area contributed by atoms with Gasteiger partial charge in [0.25, 0.3) is 0 Å². The first-order valence-electron chi connectivity index (χ1n) is 31.9. The second-order valence-corrected chi connectivity index (χ2v) is 21.7. The number of carbonyl (C=O) groups is 2. The summed E-state index contributed by atoms with van der Waals surface area (Å²) in [5.74, 6) is -0.0657. The van der Waals surface area contributed by atoms with Crippen molar-refractivity contribution in [1.82, 2.24) is 5.32 Å². The molecule has 0 unspecified atom stereocenters. The minimum Gasteiger partial charge on any atom is -0.466 e. The van der Waals surface area contributed by atoms with Crippen LogP contribution in [0.5, 0.6) is 0 Å². The Morgan fingerprint density at radius 2 is 0.722 bits per heavy atom. The molecule has 0 fully saturated rings. The van der Waals surface area contributed by atoms with Gasteiger partial charge < -0.3 is 20.3 Å². The quantitative estimate of drug-likeness (QED) is 0.0320. The molecule has 0 aromatic rings. The summed E-state index contributed by atoms with van der Waals surface area (Å²) >= 11 is 0. The Bertz CT molecular complexity index is 1210. The second-order valence-electron chi connectivity index (χ2n) is 21.7. The van der Waals surface area contributed by atoms with Crippen molar-refractivity contribution in [2.75, 3.05) is 13.2 Å². The number of aliphatic hydroxyl groups is 2. The number of carbonyl (C=O) groups excluding carboxylic acids is 2. The van der Waals surface area contributed by atoms with Gasteiger partial charge in [-0.25, -0.2) is 0 Å². The van der Waals surface area contributed by atoms with E-state index in [0.717, 1.165) is 51.4 Å². The first-order valence-corrected chi connectivity index (χ1v) is 31.9. The van der Waals surface area contributed by atoms with Crippen LogP contribution >= 0.6 is 0 Å². The van der Waals surface area contributed by atoms with Gasteiger partial charge in [-0.15, -0.1) is 0 Å². The molecule has 6 nitrogen and oxygen atoms in total. The van der Waals surface area contributed by atoms with Crippen molar-refractivity contribution >= 4 is 11.9 Å². The summed E-state index contributed by atoms with van der Waals surface area (Å²) in [7, 11) is 0. The van der Waals surface area contributed by atoms with Crippen LogP contribution in [-0.4, -0.2) is 47.4 Å². The maximum Gasteiger partial charge on any atom is 0.305 e. The lowest BCUT2D eigenvalue weighted by Crippen LogP contribution is -2.45. The molecule has 0 heterocycles. The topological polar surface area (TPSA) is 95.9 Å². The molecule has 0 aromatic heterocycles. The minimum atomic E-state index is -0.848. The highest BCUT2D eigenvalue weighted by Crippen LogP contribution is 2.18. The molecule has 3 N–H and O–H groups in total. The zero-order valence-electron chi connectivity index (χ0n) is 48.2. The van der Waals surface area contributed by atoms with Gasteiger partial charge in [0.15, 0.2) is 0 Å². The van der Waals surface area contributed by atoms with Crippen LogP contribution in [0.1, 0.15) is 335 Å². The lowest BCUT2D eigenvalue weighted by atomic mass is 10.0. The minimum absolute atomic E-state index is 0.00319. The molecule has 0 bridgehead atoms. The van der Waals surface area contributed by atoms with E-state index < -0.39 is 12.1 Å². The molecule has 0 radical (unpaired) electrons. The molecule has 72 heavy (non-hydrogen) atoms. The molecule has 1 amide bonds. The van der Waals surface area contributed by atoms with E-state index in [0.29, 0.717) is 19.4 Å².